The first-order valence-electron chi connectivity index (χ1n) is 32.0. The standard InChI is InChI=1S/C84H54B3N3Si/c1-2-24-57(25-3-1)91(59-46-49-77-71(53-59)68-34-11-20-43-83(68)89-80-40-17-8-31-65(80)62-28-5-14-37-74(62)86(77)89,60-47-50-78-72(54-60)69-35-12-21-44-84(69)90-81-41-18-9-32-66(81)63-29-6-15-38-75(63)87(78)90)58-26-22-23-55(51-58)56-45-48-76-70(52-56)67-33-10-19-42-82(67)88-79-39-16-7-30-64(79)61-27-4-13-36-73(61)85(76)88/h1-54H. The molecule has 0 saturated heterocycles. The van der Waals surface area contributed by atoms with Crippen LogP contribution in [0.1, 0.15) is 0 Å². The van der Waals surface area contributed by atoms with Crippen molar-refractivity contribution in [1.29, 1.82) is 0 Å². The molecule has 0 bridgehead atoms. The lowest BCUT2D eigenvalue weighted by molar-refractivity contribution is 1.35. The minimum Gasteiger partial charge on any atom is -0.376 e. The Morgan fingerprint density at radius 3 is 0.846 bits per heavy atom. The van der Waals surface area contributed by atoms with Crippen molar-refractivity contribution in [2.75, 3.05) is 14.4 Å². The van der Waals surface area contributed by atoms with Crippen LogP contribution in [-0.2, 0) is 0 Å². The van der Waals surface area contributed by atoms with Gasteiger partial charge in [-0.15, -0.1) is 0 Å². The Bertz CT molecular complexity index is 5220. The van der Waals surface area contributed by atoms with Gasteiger partial charge in [0, 0.05) is 67.5 Å². The topological polar surface area (TPSA) is 9.72 Å². The molecule has 0 aliphatic carbocycles. The summed E-state index contributed by atoms with van der Waals surface area (Å²) >= 11 is 0. The third-order valence-electron chi connectivity index (χ3n) is 21.0. The fourth-order valence-corrected chi connectivity index (χ4v) is 22.1. The average Bonchev–Trinajstić information content (AvgIpc) is 0.721. The third kappa shape index (κ3) is 7.07. The molecule has 0 amide bonds. The van der Waals surface area contributed by atoms with Gasteiger partial charge in [0.2, 0.25) is 0 Å². The number of nitrogens with zero attached hydrogens (tertiary/aromatic N) is 3. The van der Waals surface area contributed by atoms with Crippen LogP contribution in [0.25, 0.3) is 77.9 Å². The van der Waals surface area contributed by atoms with E-state index in [1.165, 1.54) is 166 Å². The Labute approximate surface area is 532 Å². The first-order valence-corrected chi connectivity index (χ1v) is 34.0. The second-order valence-corrected chi connectivity index (χ2v) is 29.1. The fourth-order valence-electron chi connectivity index (χ4n) is 17.3. The lowest BCUT2D eigenvalue weighted by Crippen LogP contribution is -2.75. The lowest BCUT2D eigenvalue weighted by Gasteiger charge is -2.44. The number of hydrogen-bond acceptors (Lipinski definition) is 3. The smallest absolute Gasteiger partial charge is 0.329 e. The zero-order chi connectivity index (χ0) is 59.5. The first-order chi connectivity index (χ1) is 45.2. The molecule has 0 spiro atoms. The minimum absolute atomic E-state index is 0.0191. The number of para-hydroxylation sites is 6. The minimum atomic E-state index is -3.39. The van der Waals surface area contributed by atoms with E-state index in [1.54, 1.807) is 0 Å². The van der Waals surface area contributed by atoms with Crippen LogP contribution < -0.4 is 68.0 Å². The zero-order valence-electron chi connectivity index (χ0n) is 49.8. The fraction of sp³-hybridized carbons (Fsp3) is 0. The van der Waals surface area contributed by atoms with Crippen LogP contribution in [0, 0.1) is 0 Å². The van der Waals surface area contributed by atoms with Crippen molar-refractivity contribution in [2.24, 2.45) is 0 Å². The van der Waals surface area contributed by atoms with Crippen molar-refractivity contribution in [2.45, 2.75) is 0 Å². The second kappa shape index (κ2) is 19.4. The molecular formula is C84H54B3N3Si. The van der Waals surface area contributed by atoms with Crippen molar-refractivity contribution in [1.82, 2.24) is 0 Å². The summed E-state index contributed by atoms with van der Waals surface area (Å²) in [5.41, 5.74) is 33.1. The maximum atomic E-state index is 2.64. The summed E-state index contributed by atoms with van der Waals surface area (Å²) in [6, 6.07) is 126. The number of rotatable bonds is 5. The van der Waals surface area contributed by atoms with Gasteiger partial charge in [0.25, 0.3) is 0 Å². The molecule has 14 aromatic rings. The van der Waals surface area contributed by atoms with Crippen LogP contribution >= 0.6 is 0 Å². The first kappa shape index (κ1) is 50.8. The van der Waals surface area contributed by atoms with E-state index >= 15 is 0 Å². The van der Waals surface area contributed by atoms with E-state index in [9.17, 15) is 0 Å². The van der Waals surface area contributed by atoms with Crippen LogP contribution in [0.3, 0.4) is 0 Å². The summed E-state index contributed by atoms with van der Waals surface area (Å²) in [6.45, 7) is -0.0255. The summed E-state index contributed by atoms with van der Waals surface area (Å²) in [5, 5.41) is 5.37. The molecule has 0 fully saturated rings. The predicted molar refractivity (Wildman–Crippen MR) is 389 cm³/mol. The van der Waals surface area contributed by atoms with Crippen LogP contribution in [0.5, 0.6) is 0 Å². The maximum absolute atomic E-state index is 3.39. The number of hydrogen-bond donors (Lipinski definition) is 0. The molecule has 14 aromatic carbocycles. The molecule has 6 aliphatic rings. The molecule has 0 aromatic heterocycles. The van der Waals surface area contributed by atoms with Crippen LogP contribution in [0.15, 0.2) is 328 Å². The molecule has 0 radical (unpaired) electrons. The average molecular weight is 1170 g/mol. The normalized spacial score (nSPS) is 13.6. The van der Waals surface area contributed by atoms with Gasteiger partial charge in [-0.05, 0) is 140 Å². The van der Waals surface area contributed by atoms with Gasteiger partial charge in [0.15, 0.2) is 8.07 Å². The van der Waals surface area contributed by atoms with Gasteiger partial charge in [-0.1, -0.05) is 285 Å². The number of benzene rings is 14. The van der Waals surface area contributed by atoms with Crippen molar-refractivity contribution in [3.63, 3.8) is 0 Å². The summed E-state index contributed by atoms with van der Waals surface area (Å²) < 4.78 is 0. The molecular weight excluding hydrogens is 1110 g/mol. The quantitative estimate of drug-likeness (QED) is 0.126. The molecule has 0 unspecified atom stereocenters. The molecule has 3 nitrogen and oxygen atoms in total. The van der Waals surface area contributed by atoms with Crippen molar-refractivity contribution >= 4 is 116 Å². The van der Waals surface area contributed by atoms with Crippen LogP contribution in [0.2, 0.25) is 0 Å². The van der Waals surface area contributed by atoms with Gasteiger partial charge >= 0.3 is 20.5 Å². The Morgan fingerprint density at radius 1 is 0.176 bits per heavy atom. The molecule has 6 aliphatic heterocycles. The molecule has 0 N–H and O–H groups in total. The largest absolute Gasteiger partial charge is 0.376 e. The van der Waals surface area contributed by atoms with E-state index in [1.807, 2.05) is 0 Å². The van der Waals surface area contributed by atoms with Gasteiger partial charge in [0.05, 0.1) is 0 Å². The van der Waals surface area contributed by atoms with E-state index < -0.39 is 8.07 Å². The zero-order valence-corrected chi connectivity index (χ0v) is 50.8. The molecule has 91 heavy (non-hydrogen) atoms. The van der Waals surface area contributed by atoms with Gasteiger partial charge in [0.1, 0.15) is 0 Å². The monoisotopic (exact) mass is 1170 g/mol. The Morgan fingerprint density at radius 2 is 0.451 bits per heavy atom. The Balaban J connectivity index is 0.835. The number of anilines is 6. The molecule has 6 heterocycles. The highest BCUT2D eigenvalue weighted by molar-refractivity contribution is 7.20. The number of fused-ring (bicyclic) bond motifs is 33. The van der Waals surface area contributed by atoms with Crippen molar-refractivity contribution < 1.29 is 0 Å². The van der Waals surface area contributed by atoms with E-state index in [-0.39, 0.29) is 20.5 Å². The van der Waals surface area contributed by atoms with Crippen molar-refractivity contribution in [3.05, 3.63) is 328 Å². The van der Waals surface area contributed by atoms with E-state index in [4.69, 9.17) is 0 Å². The highest BCUT2D eigenvalue weighted by atomic mass is 28.3. The van der Waals surface area contributed by atoms with Crippen LogP contribution in [-0.4, -0.2) is 28.6 Å². The SMILES string of the molecule is c1ccc([Si](c2cccc(-c3ccc4c(c3)-c3ccccc3N3B4c4ccccc4-c4ccccc43)c2)(c2ccc3c(c2)-c2ccccc2N2B3c3ccccc3-c3ccccc32)c2ccc3c(c2)-c2ccccc2N2B3c3ccccc3-c3ccccc32)cc1. The van der Waals surface area contributed by atoms with E-state index in [0.717, 1.165) is 0 Å². The molecule has 20 rings (SSSR count). The van der Waals surface area contributed by atoms with Gasteiger partial charge in [-0.3, -0.25) is 0 Å². The second-order valence-electron chi connectivity index (χ2n) is 25.3. The lowest BCUT2D eigenvalue weighted by atomic mass is 9.43. The van der Waals surface area contributed by atoms with E-state index in [2.05, 4.69) is 342 Å². The third-order valence-corrected chi connectivity index (χ3v) is 25.7. The summed E-state index contributed by atoms with van der Waals surface area (Å²) in [6.07, 6.45) is 0. The van der Waals surface area contributed by atoms with E-state index in [0.29, 0.717) is 0 Å². The summed E-state index contributed by atoms with van der Waals surface area (Å²) in [7, 11) is -3.39. The summed E-state index contributed by atoms with van der Waals surface area (Å²) in [4.78, 5) is 7.83. The highest BCUT2D eigenvalue weighted by Crippen LogP contribution is 2.50. The van der Waals surface area contributed by atoms with Gasteiger partial charge < -0.3 is 14.4 Å². The maximum Gasteiger partial charge on any atom is 0.329 e. The predicted octanol–water partition coefficient (Wildman–Crippen LogP) is 13.4. The molecule has 0 saturated carbocycles. The van der Waals surface area contributed by atoms with Gasteiger partial charge in [-0.2, -0.15) is 0 Å². The van der Waals surface area contributed by atoms with Crippen LogP contribution in [0.4, 0.5) is 34.1 Å². The molecule has 7 heteroatoms. The van der Waals surface area contributed by atoms with Crippen molar-refractivity contribution in [3.8, 4) is 77.9 Å². The Kier molecular flexibility index (Phi) is 10.9. The van der Waals surface area contributed by atoms with Gasteiger partial charge in [-0.25, -0.2) is 0 Å². The molecule has 0 atom stereocenters. The molecule has 418 valence electrons. The summed E-state index contributed by atoms with van der Waals surface area (Å²) in [5.74, 6) is 0. The highest BCUT2D eigenvalue weighted by Gasteiger charge is 2.49. The Hall–Kier alpha value is -11.1.